The molecule has 14 heavy (non-hydrogen) atoms. The van der Waals surface area contributed by atoms with Gasteiger partial charge in [0.15, 0.2) is 0 Å². The monoisotopic (exact) mass is 251 g/mol. The Morgan fingerprint density at radius 2 is 2.00 bits per heavy atom. The van der Waals surface area contributed by atoms with Crippen molar-refractivity contribution >= 4 is 21.6 Å². The molecule has 2 rings (SSSR count). The van der Waals surface area contributed by atoms with E-state index < -0.39 is 0 Å². The normalized spacial score (nSPS) is 10.4. The van der Waals surface area contributed by atoms with Crippen LogP contribution in [0.2, 0.25) is 0 Å². The second-order valence-corrected chi connectivity index (χ2v) is 4.01. The van der Waals surface area contributed by atoms with Crippen LogP contribution in [0, 0.1) is 0 Å². The van der Waals surface area contributed by atoms with Crippen molar-refractivity contribution in [2.45, 2.75) is 6.54 Å². The molecule has 0 saturated heterocycles. The lowest BCUT2D eigenvalue weighted by Crippen LogP contribution is -1.99. The molecular weight excluding hydrogens is 242 g/mol. The minimum absolute atomic E-state index is 0.696. The maximum atomic E-state index is 5.57. The molecule has 4 heteroatoms. The highest BCUT2D eigenvalue weighted by atomic mass is 79.9. The Hall–Kier alpha value is -1.29. The molecule has 0 unspecified atom stereocenters. The maximum Gasteiger partial charge on any atom is 0.0719 e. The molecule has 1 aromatic carbocycles. The van der Waals surface area contributed by atoms with E-state index in [-0.39, 0.29) is 0 Å². The van der Waals surface area contributed by atoms with Gasteiger partial charge in [-0.2, -0.15) is 5.10 Å². The third kappa shape index (κ3) is 2.14. The van der Waals surface area contributed by atoms with Crippen molar-refractivity contribution in [3.63, 3.8) is 0 Å². The highest BCUT2D eigenvalue weighted by Gasteiger charge is 1.96. The largest absolute Gasteiger partial charge is 0.396 e. The number of anilines is 1. The first kappa shape index (κ1) is 9.27. The standard InChI is InChI=1S/C10H10BrN3/c11-9-3-1-8(2-4-9)6-14-7-10(12)5-13-14/h1-5,7H,6,12H2. The van der Waals surface area contributed by atoms with E-state index in [1.165, 1.54) is 5.56 Å². The Morgan fingerprint density at radius 3 is 2.57 bits per heavy atom. The number of benzene rings is 1. The molecule has 0 aliphatic rings. The fourth-order valence-electron chi connectivity index (χ4n) is 1.24. The molecule has 72 valence electrons. The summed E-state index contributed by atoms with van der Waals surface area (Å²) in [5, 5.41) is 4.11. The maximum absolute atomic E-state index is 5.57. The number of nitrogens with zero attached hydrogens (tertiary/aromatic N) is 2. The van der Waals surface area contributed by atoms with Gasteiger partial charge in [-0.25, -0.2) is 0 Å². The van der Waals surface area contributed by atoms with Crippen LogP contribution in [0.25, 0.3) is 0 Å². The first-order chi connectivity index (χ1) is 6.74. The molecule has 0 saturated carbocycles. The van der Waals surface area contributed by atoms with Crippen molar-refractivity contribution in [2.24, 2.45) is 0 Å². The lowest BCUT2D eigenvalue weighted by atomic mass is 10.2. The number of nitrogen functional groups attached to an aromatic ring is 1. The highest BCUT2D eigenvalue weighted by molar-refractivity contribution is 9.10. The number of hydrogen-bond acceptors (Lipinski definition) is 2. The van der Waals surface area contributed by atoms with Crippen molar-refractivity contribution in [1.29, 1.82) is 0 Å². The van der Waals surface area contributed by atoms with E-state index in [2.05, 4.69) is 33.2 Å². The number of hydrogen-bond donors (Lipinski definition) is 1. The molecule has 0 aliphatic heterocycles. The van der Waals surface area contributed by atoms with Crippen LogP contribution in [0.3, 0.4) is 0 Å². The Balaban J connectivity index is 2.15. The Kier molecular flexibility index (Phi) is 2.54. The van der Waals surface area contributed by atoms with E-state index in [9.17, 15) is 0 Å². The highest BCUT2D eigenvalue weighted by Crippen LogP contribution is 2.11. The van der Waals surface area contributed by atoms with Crippen LogP contribution < -0.4 is 5.73 Å². The molecule has 0 radical (unpaired) electrons. The summed E-state index contributed by atoms with van der Waals surface area (Å²) in [6.45, 7) is 0.754. The summed E-state index contributed by atoms with van der Waals surface area (Å²) in [5.41, 5.74) is 7.47. The van der Waals surface area contributed by atoms with Gasteiger partial charge in [-0.1, -0.05) is 28.1 Å². The van der Waals surface area contributed by atoms with Gasteiger partial charge in [0.25, 0.3) is 0 Å². The Labute approximate surface area is 90.7 Å². The molecule has 1 aromatic heterocycles. The predicted octanol–water partition coefficient (Wildman–Crippen LogP) is 2.28. The van der Waals surface area contributed by atoms with Gasteiger partial charge >= 0.3 is 0 Å². The molecule has 2 aromatic rings. The van der Waals surface area contributed by atoms with Gasteiger partial charge in [0.05, 0.1) is 18.4 Å². The first-order valence-electron chi connectivity index (χ1n) is 4.26. The fourth-order valence-corrected chi connectivity index (χ4v) is 1.51. The Morgan fingerprint density at radius 1 is 1.29 bits per heavy atom. The SMILES string of the molecule is Nc1cnn(Cc2ccc(Br)cc2)c1. The van der Waals surface area contributed by atoms with E-state index in [4.69, 9.17) is 5.73 Å². The molecule has 0 atom stereocenters. The van der Waals surface area contributed by atoms with Gasteiger partial charge in [-0.3, -0.25) is 4.68 Å². The molecule has 0 spiro atoms. The summed E-state index contributed by atoms with van der Waals surface area (Å²) in [7, 11) is 0. The van der Waals surface area contributed by atoms with Gasteiger partial charge in [0, 0.05) is 10.7 Å². The van der Waals surface area contributed by atoms with Crippen LogP contribution in [-0.4, -0.2) is 9.78 Å². The summed E-state index contributed by atoms with van der Waals surface area (Å²) in [4.78, 5) is 0. The van der Waals surface area contributed by atoms with Crippen molar-refractivity contribution < 1.29 is 0 Å². The van der Waals surface area contributed by atoms with Gasteiger partial charge in [-0.15, -0.1) is 0 Å². The topological polar surface area (TPSA) is 43.8 Å². The van der Waals surface area contributed by atoms with E-state index in [0.29, 0.717) is 5.69 Å². The van der Waals surface area contributed by atoms with Crippen molar-refractivity contribution in [3.05, 3.63) is 46.7 Å². The van der Waals surface area contributed by atoms with Crippen molar-refractivity contribution in [3.8, 4) is 0 Å². The van der Waals surface area contributed by atoms with Crippen LogP contribution in [0.1, 0.15) is 5.56 Å². The molecule has 3 nitrogen and oxygen atoms in total. The number of aromatic nitrogens is 2. The van der Waals surface area contributed by atoms with Crippen molar-refractivity contribution in [1.82, 2.24) is 9.78 Å². The molecule has 2 N–H and O–H groups in total. The second kappa shape index (κ2) is 3.84. The van der Waals surface area contributed by atoms with Gasteiger partial charge in [-0.05, 0) is 17.7 Å². The smallest absolute Gasteiger partial charge is 0.0719 e. The summed E-state index contributed by atoms with van der Waals surface area (Å²) < 4.78 is 2.90. The summed E-state index contributed by atoms with van der Waals surface area (Å²) in [6.07, 6.45) is 3.47. The van der Waals surface area contributed by atoms with Crippen LogP contribution in [-0.2, 0) is 6.54 Å². The number of halogens is 1. The van der Waals surface area contributed by atoms with E-state index in [1.807, 2.05) is 23.0 Å². The quantitative estimate of drug-likeness (QED) is 0.890. The summed E-state index contributed by atoms with van der Waals surface area (Å²) in [6, 6.07) is 8.15. The first-order valence-corrected chi connectivity index (χ1v) is 5.06. The minimum Gasteiger partial charge on any atom is -0.396 e. The average Bonchev–Trinajstić information content (AvgIpc) is 2.56. The number of nitrogens with two attached hydrogens (primary N) is 1. The van der Waals surface area contributed by atoms with Gasteiger partial charge in [0.1, 0.15) is 0 Å². The lowest BCUT2D eigenvalue weighted by Gasteiger charge is -2.01. The predicted molar refractivity (Wildman–Crippen MR) is 59.9 cm³/mol. The molecular formula is C10H10BrN3. The summed E-state index contributed by atoms with van der Waals surface area (Å²) in [5.74, 6) is 0. The van der Waals surface area contributed by atoms with E-state index >= 15 is 0 Å². The molecule has 0 fully saturated rings. The van der Waals surface area contributed by atoms with E-state index in [1.54, 1.807) is 6.20 Å². The minimum atomic E-state index is 0.696. The zero-order chi connectivity index (χ0) is 9.97. The number of rotatable bonds is 2. The fraction of sp³-hybridized carbons (Fsp3) is 0.100. The molecule has 0 bridgehead atoms. The van der Waals surface area contributed by atoms with Gasteiger partial charge in [0.2, 0.25) is 0 Å². The van der Waals surface area contributed by atoms with Crippen LogP contribution in [0.15, 0.2) is 41.1 Å². The molecule has 0 amide bonds. The lowest BCUT2D eigenvalue weighted by molar-refractivity contribution is 0.687. The van der Waals surface area contributed by atoms with Crippen LogP contribution >= 0.6 is 15.9 Å². The van der Waals surface area contributed by atoms with Crippen LogP contribution in [0.5, 0.6) is 0 Å². The third-order valence-corrected chi connectivity index (χ3v) is 2.44. The molecule has 0 aliphatic carbocycles. The van der Waals surface area contributed by atoms with Crippen molar-refractivity contribution in [2.75, 3.05) is 5.73 Å². The average molecular weight is 252 g/mol. The molecule has 1 heterocycles. The van der Waals surface area contributed by atoms with Crippen LogP contribution in [0.4, 0.5) is 5.69 Å². The summed E-state index contributed by atoms with van der Waals surface area (Å²) >= 11 is 3.39. The Bertz CT molecular complexity index is 419. The third-order valence-electron chi connectivity index (χ3n) is 1.91. The zero-order valence-electron chi connectivity index (χ0n) is 7.52. The zero-order valence-corrected chi connectivity index (χ0v) is 9.11. The van der Waals surface area contributed by atoms with E-state index in [0.717, 1.165) is 11.0 Å². The second-order valence-electron chi connectivity index (χ2n) is 3.10. The van der Waals surface area contributed by atoms with Gasteiger partial charge < -0.3 is 5.73 Å².